The Bertz CT molecular complexity index is 628. The van der Waals surface area contributed by atoms with Crippen LogP contribution in [0.15, 0.2) is 29.3 Å². The minimum atomic E-state index is -3.18. The van der Waals surface area contributed by atoms with E-state index in [-0.39, 0.29) is 48.6 Å². The van der Waals surface area contributed by atoms with E-state index in [9.17, 15) is 12.8 Å². The summed E-state index contributed by atoms with van der Waals surface area (Å²) in [6.07, 6.45) is 0. The molecule has 8 heteroatoms. The van der Waals surface area contributed by atoms with Crippen molar-refractivity contribution < 1.29 is 12.8 Å². The van der Waals surface area contributed by atoms with Crippen LogP contribution in [0.25, 0.3) is 0 Å². The van der Waals surface area contributed by atoms with Crippen molar-refractivity contribution >= 4 is 39.8 Å². The Kier molecular flexibility index (Phi) is 9.04. The van der Waals surface area contributed by atoms with Gasteiger partial charge in [0.05, 0.1) is 10.5 Å². The highest BCUT2D eigenvalue weighted by Crippen LogP contribution is 2.15. The third kappa shape index (κ3) is 7.03. The van der Waals surface area contributed by atoms with E-state index in [2.05, 4.69) is 15.6 Å². The molecule has 5 nitrogen and oxygen atoms in total. The zero-order chi connectivity index (χ0) is 16.8. The standard InChI is InChI=1S/C15H24FN3O2S.HI/c1-15(2,3)22(20,21)10-9-18-14(17-4)19-11-12-7-5-6-8-13(12)16;/h5-8H,9-11H2,1-4H3,(H2,17,18,19);1H. The highest BCUT2D eigenvalue weighted by molar-refractivity contribution is 14.0. The van der Waals surface area contributed by atoms with Crippen molar-refractivity contribution in [1.29, 1.82) is 0 Å². The third-order valence-corrected chi connectivity index (χ3v) is 5.83. The van der Waals surface area contributed by atoms with Crippen molar-refractivity contribution in [2.75, 3.05) is 19.3 Å². The predicted molar refractivity (Wildman–Crippen MR) is 104 cm³/mol. The maximum Gasteiger partial charge on any atom is 0.191 e. The maximum atomic E-state index is 13.5. The summed E-state index contributed by atoms with van der Waals surface area (Å²) in [6, 6.07) is 6.46. The molecule has 23 heavy (non-hydrogen) atoms. The Hall–Kier alpha value is -0.900. The number of guanidine groups is 1. The Morgan fingerprint density at radius 3 is 2.35 bits per heavy atom. The van der Waals surface area contributed by atoms with E-state index in [1.54, 1.807) is 46.0 Å². The van der Waals surface area contributed by atoms with Crippen LogP contribution in [0.3, 0.4) is 0 Å². The Morgan fingerprint density at radius 2 is 1.83 bits per heavy atom. The molecule has 0 fully saturated rings. The van der Waals surface area contributed by atoms with Crippen LogP contribution in [0.4, 0.5) is 4.39 Å². The van der Waals surface area contributed by atoms with Crippen LogP contribution in [0, 0.1) is 5.82 Å². The van der Waals surface area contributed by atoms with E-state index in [0.717, 1.165) is 0 Å². The smallest absolute Gasteiger partial charge is 0.191 e. The van der Waals surface area contributed by atoms with Gasteiger partial charge >= 0.3 is 0 Å². The first-order valence-electron chi connectivity index (χ1n) is 7.07. The van der Waals surface area contributed by atoms with Crippen LogP contribution in [0.1, 0.15) is 26.3 Å². The number of rotatable bonds is 5. The topological polar surface area (TPSA) is 70.6 Å². The van der Waals surface area contributed by atoms with Gasteiger partial charge in [0.15, 0.2) is 15.8 Å². The van der Waals surface area contributed by atoms with Crippen molar-refractivity contribution in [3.63, 3.8) is 0 Å². The summed E-state index contributed by atoms with van der Waals surface area (Å²) in [5, 5.41) is 5.88. The quantitative estimate of drug-likeness (QED) is 0.405. The molecule has 0 amide bonds. The first-order chi connectivity index (χ1) is 10.2. The van der Waals surface area contributed by atoms with Crippen molar-refractivity contribution in [2.45, 2.75) is 32.1 Å². The molecule has 0 spiro atoms. The van der Waals surface area contributed by atoms with Crippen LogP contribution in [0.5, 0.6) is 0 Å². The fraction of sp³-hybridized carbons (Fsp3) is 0.533. The van der Waals surface area contributed by atoms with Gasteiger partial charge in [-0.1, -0.05) is 18.2 Å². The number of sulfone groups is 1. The van der Waals surface area contributed by atoms with Crippen molar-refractivity contribution in [3.8, 4) is 0 Å². The number of hydrogen-bond donors (Lipinski definition) is 2. The zero-order valence-electron chi connectivity index (χ0n) is 13.9. The number of nitrogens with one attached hydrogen (secondary N) is 2. The second-order valence-corrected chi connectivity index (χ2v) is 8.74. The van der Waals surface area contributed by atoms with Gasteiger partial charge in [0.2, 0.25) is 0 Å². The van der Waals surface area contributed by atoms with Gasteiger partial charge in [-0.15, -0.1) is 24.0 Å². The lowest BCUT2D eigenvalue weighted by molar-refractivity contribution is 0.559. The number of benzene rings is 1. The van der Waals surface area contributed by atoms with Gasteiger partial charge in [0.1, 0.15) is 5.82 Å². The molecule has 0 aliphatic carbocycles. The highest BCUT2D eigenvalue weighted by atomic mass is 127. The minimum Gasteiger partial charge on any atom is -0.355 e. The van der Waals surface area contributed by atoms with Crippen molar-refractivity contribution in [3.05, 3.63) is 35.6 Å². The first kappa shape index (κ1) is 22.1. The van der Waals surface area contributed by atoms with Gasteiger partial charge in [-0.2, -0.15) is 0 Å². The normalized spacial score (nSPS) is 12.5. The molecule has 1 aromatic rings. The summed E-state index contributed by atoms with van der Waals surface area (Å²) in [5.41, 5.74) is 0.521. The lowest BCUT2D eigenvalue weighted by Crippen LogP contribution is -2.41. The summed E-state index contributed by atoms with van der Waals surface area (Å²) in [6.45, 7) is 5.55. The molecule has 0 unspecified atom stereocenters. The lowest BCUT2D eigenvalue weighted by atomic mass is 10.2. The van der Waals surface area contributed by atoms with Crippen LogP contribution in [-0.2, 0) is 16.4 Å². The van der Waals surface area contributed by atoms with Gasteiger partial charge < -0.3 is 10.6 Å². The van der Waals surface area contributed by atoms with Crippen molar-refractivity contribution in [2.24, 2.45) is 4.99 Å². The predicted octanol–water partition coefficient (Wildman–Crippen LogP) is 2.32. The molecule has 1 rings (SSSR count). The lowest BCUT2D eigenvalue weighted by Gasteiger charge is -2.19. The summed E-state index contributed by atoms with van der Waals surface area (Å²) in [5.74, 6) is 0.157. The molecule has 2 N–H and O–H groups in total. The zero-order valence-corrected chi connectivity index (χ0v) is 17.0. The summed E-state index contributed by atoms with van der Waals surface area (Å²) < 4.78 is 36.7. The molecule has 0 saturated carbocycles. The molecule has 0 heterocycles. The van der Waals surface area contributed by atoms with Gasteiger partial charge in [-0.3, -0.25) is 4.99 Å². The Labute approximate surface area is 155 Å². The number of hydrogen-bond acceptors (Lipinski definition) is 3. The molecule has 0 saturated heterocycles. The average molecular weight is 457 g/mol. The fourth-order valence-electron chi connectivity index (χ4n) is 1.65. The number of aliphatic imine (C=N–C) groups is 1. The van der Waals surface area contributed by atoms with E-state index in [4.69, 9.17) is 0 Å². The number of nitrogens with zero attached hydrogens (tertiary/aromatic N) is 1. The van der Waals surface area contributed by atoms with E-state index in [0.29, 0.717) is 11.5 Å². The van der Waals surface area contributed by atoms with Crippen LogP contribution >= 0.6 is 24.0 Å². The molecule has 0 radical (unpaired) electrons. The first-order valence-corrected chi connectivity index (χ1v) is 8.73. The minimum absolute atomic E-state index is 0. The second-order valence-electron chi connectivity index (χ2n) is 5.88. The van der Waals surface area contributed by atoms with E-state index in [1.807, 2.05) is 0 Å². The summed E-state index contributed by atoms with van der Waals surface area (Å²) in [7, 11) is -1.60. The van der Waals surface area contributed by atoms with Crippen molar-refractivity contribution in [1.82, 2.24) is 10.6 Å². The van der Waals surface area contributed by atoms with Crippen LogP contribution < -0.4 is 10.6 Å². The molecule has 0 bridgehead atoms. The average Bonchev–Trinajstić information content (AvgIpc) is 2.42. The highest BCUT2D eigenvalue weighted by Gasteiger charge is 2.28. The SMILES string of the molecule is CN=C(NCCS(=O)(=O)C(C)(C)C)NCc1ccccc1F.I. The largest absolute Gasteiger partial charge is 0.355 e. The van der Waals surface area contributed by atoms with E-state index in [1.165, 1.54) is 6.07 Å². The molecule has 0 aromatic heterocycles. The Balaban J connectivity index is 0.00000484. The van der Waals surface area contributed by atoms with Gasteiger partial charge in [0, 0.05) is 25.7 Å². The van der Waals surface area contributed by atoms with Gasteiger partial charge in [-0.25, -0.2) is 12.8 Å². The molecule has 1 aromatic carbocycles. The van der Waals surface area contributed by atoms with E-state index >= 15 is 0 Å². The second kappa shape index (κ2) is 9.41. The van der Waals surface area contributed by atoms with Crippen LogP contribution in [-0.4, -0.2) is 38.5 Å². The monoisotopic (exact) mass is 457 g/mol. The fourth-order valence-corrected chi connectivity index (χ4v) is 2.63. The van der Waals surface area contributed by atoms with Gasteiger partial charge in [-0.05, 0) is 26.8 Å². The molecular formula is C15H25FIN3O2S. The maximum absolute atomic E-state index is 13.5. The molecule has 132 valence electrons. The van der Waals surface area contributed by atoms with E-state index < -0.39 is 14.6 Å². The summed E-state index contributed by atoms with van der Waals surface area (Å²) >= 11 is 0. The molecule has 0 atom stereocenters. The number of halogens is 2. The molecular weight excluding hydrogens is 432 g/mol. The molecule has 0 aliphatic rings. The summed E-state index contributed by atoms with van der Waals surface area (Å²) in [4.78, 5) is 3.99. The van der Waals surface area contributed by atoms with Gasteiger partial charge in [0.25, 0.3) is 0 Å². The Morgan fingerprint density at radius 1 is 1.22 bits per heavy atom. The van der Waals surface area contributed by atoms with Crippen LogP contribution in [0.2, 0.25) is 0 Å². The molecule has 0 aliphatic heterocycles. The third-order valence-electron chi connectivity index (χ3n) is 3.22.